The Hall–Kier alpha value is -5.77. The van der Waals surface area contributed by atoms with Crippen molar-refractivity contribution in [2.45, 2.75) is 48.0 Å². The summed E-state index contributed by atoms with van der Waals surface area (Å²) in [7, 11) is 2.13. The number of carbonyl (C=O) groups excluding carboxylic acids is 2. The molecule has 36 heteroatoms. The van der Waals surface area contributed by atoms with Gasteiger partial charge in [-0.2, -0.15) is 31.6 Å². The number of nitrogens with two attached hydrogens (primary N) is 4. The number of carbonyl (C=O) groups is 2. The molecule has 28 nitrogen and oxygen atoms in total. The van der Waals surface area contributed by atoms with Gasteiger partial charge >= 0.3 is 10.0 Å². The van der Waals surface area contributed by atoms with E-state index in [-0.39, 0.29) is 151 Å². The maximum atomic E-state index is 11.1. The molecule has 1 aliphatic heterocycles. The van der Waals surface area contributed by atoms with Crippen LogP contribution in [0.2, 0.25) is 5.02 Å². The van der Waals surface area contributed by atoms with Crippen molar-refractivity contribution in [2.75, 3.05) is 25.0 Å². The average molecular weight is 1300 g/mol. The summed E-state index contributed by atoms with van der Waals surface area (Å²) in [5, 5.41) is 54.5. The van der Waals surface area contributed by atoms with Crippen LogP contribution >= 0.6 is 84.5 Å². The predicted octanol–water partition coefficient (Wildman–Crippen LogP) is 4.10. The number of aromatic nitrogens is 2. The third-order valence-electron chi connectivity index (χ3n) is 9.32. The summed E-state index contributed by atoms with van der Waals surface area (Å²) in [6, 6.07) is 15.0. The second-order valence-electron chi connectivity index (χ2n) is 13.7. The summed E-state index contributed by atoms with van der Waals surface area (Å²) in [5.41, 5.74) is 6.17. The first kappa shape index (κ1) is 92.6. The van der Waals surface area contributed by atoms with E-state index < -0.39 is 21.4 Å². The molecule has 7 rings (SSSR count). The van der Waals surface area contributed by atoms with Gasteiger partial charge in [-0.3, -0.25) is 63.4 Å². The molecule has 24 N–H and O–H groups in total. The Bertz CT molecular complexity index is 2830. The van der Waals surface area contributed by atoms with E-state index in [0.29, 0.717) is 0 Å². The summed E-state index contributed by atoms with van der Waals surface area (Å²) in [6.07, 6.45) is 10.6. The van der Waals surface area contributed by atoms with Gasteiger partial charge in [0, 0.05) is 92.4 Å². The number of ketones is 2. The minimum Gasteiger partial charge on any atom is -0.506 e. The fraction of sp³-hybridized carbons (Fsp3) is 0.233. The number of allylic oxidation sites excluding steroid dienone is 7. The minimum atomic E-state index is -0.600. The number of thiazole rings is 2. The maximum absolute atomic E-state index is 11.1. The summed E-state index contributed by atoms with van der Waals surface area (Å²) < 4.78 is 2.27. The third kappa shape index (κ3) is 25.5. The molecule has 3 heterocycles. The van der Waals surface area contributed by atoms with Crippen molar-refractivity contribution in [3.63, 3.8) is 0 Å². The standard InChI is InChI=1S/C23H28ClN2.2C9H5ClN4O4S.2CH4.Co.2H4N2.2H3N.4H2O.2H2S/c1-6-26(7-2)19-12-8-17(9-13-19)10-15-22-23(3,4)20-16-18(24)11-14-21(20)25(22)5;2*10-4-1-5(7(16)2-6(4)15)12-13-9-11-3-8(19-9)14(17)18;;;;2*1-2;;;;;;;;/h8-16H,6-7H2,1-5H3;2*1-3H,(H2,11,13,15,16);2*1H4;;2*1-2H2;2*1H3;6*1H2/q+1;;;;;;;;;;;;;;;/p-2. The number of halogens is 3. The fourth-order valence-electron chi connectivity index (χ4n) is 6.06. The molecule has 0 spiro atoms. The molecular weight excluding hydrogens is 1230 g/mol. The Labute approximate surface area is 502 Å². The van der Waals surface area contributed by atoms with E-state index in [0.717, 1.165) is 77.5 Å². The number of rotatable bonds is 9. The Morgan fingerprint density at radius 1 is 0.709 bits per heavy atom. The van der Waals surface area contributed by atoms with E-state index in [4.69, 9.17) is 34.8 Å². The van der Waals surface area contributed by atoms with Gasteiger partial charge in [0.05, 0.1) is 25.3 Å². The number of hydrazine groups is 2. The summed E-state index contributed by atoms with van der Waals surface area (Å²) >= 11 is 18.9. The number of fused-ring (bicyclic) bond motifs is 1. The van der Waals surface area contributed by atoms with Gasteiger partial charge in [0.25, 0.3) is 0 Å². The average Bonchev–Trinajstić information content (AvgIpc) is 4.05. The van der Waals surface area contributed by atoms with E-state index in [9.17, 15) is 40.0 Å². The second-order valence-corrected chi connectivity index (χ2v) is 17.0. The largest absolute Gasteiger partial charge is 0.506 e. The van der Waals surface area contributed by atoms with E-state index in [1.165, 1.54) is 28.2 Å². The molecule has 0 bridgehead atoms. The minimum absolute atomic E-state index is 0. The molecule has 4 aromatic rings. The van der Waals surface area contributed by atoms with Gasteiger partial charge in [-0.15, -0.1) is 0 Å². The van der Waals surface area contributed by atoms with Crippen LogP contribution < -0.4 is 60.1 Å². The summed E-state index contributed by atoms with van der Waals surface area (Å²) in [6.45, 7) is 11.0. The first-order chi connectivity index (χ1) is 32.3. The molecule has 2 aromatic heterocycles. The van der Waals surface area contributed by atoms with Crippen LogP contribution in [0.25, 0.3) is 6.08 Å². The molecule has 2 aliphatic carbocycles. The van der Waals surface area contributed by atoms with Crippen molar-refractivity contribution in [2.24, 2.45) is 43.8 Å². The van der Waals surface area contributed by atoms with Gasteiger partial charge in [0.2, 0.25) is 17.3 Å². The number of hydrogen-bond donors (Lipinski definition) is 8. The Morgan fingerprint density at radius 3 is 1.46 bits per heavy atom. The van der Waals surface area contributed by atoms with Gasteiger partial charge < -0.3 is 69.5 Å². The monoisotopic (exact) mass is 1290 g/mol. The molecule has 0 amide bonds. The fourth-order valence-corrected chi connectivity index (χ4v) is 7.66. The predicted molar refractivity (Wildman–Crippen MR) is 324 cm³/mol. The molecular formula is C43H70Cl3CoN16O12S4-. The smallest absolute Gasteiger partial charge is 0.319 e. The molecule has 1 radical (unpaired) electrons. The number of aliphatic hydroxyl groups excluding tert-OH is 2. The van der Waals surface area contributed by atoms with E-state index in [2.05, 4.69) is 147 Å². The number of benzene rings is 2. The number of aliphatic hydroxyl groups is 2. The third-order valence-corrected chi connectivity index (χ3v) is 11.8. The molecule has 79 heavy (non-hydrogen) atoms. The molecule has 449 valence electrons. The van der Waals surface area contributed by atoms with Crippen LogP contribution in [0.1, 0.15) is 53.7 Å². The zero-order chi connectivity index (χ0) is 50.9. The summed E-state index contributed by atoms with van der Waals surface area (Å²) in [4.78, 5) is 51.6. The number of anilines is 1. The van der Waals surface area contributed by atoms with Crippen LogP contribution in [0.4, 0.5) is 21.4 Å². The van der Waals surface area contributed by atoms with E-state index in [1.54, 1.807) is 0 Å². The van der Waals surface area contributed by atoms with Crippen LogP contribution in [-0.2, 0) is 31.8 Å². The maximum Gasteiger partial charge on any atom is 0.319 e. The van der Waals surface area contributed by atoms with Crippen molar-refractivity contribution < 1.29 is 72.9 Å². The van der Waals surface area contributed by atoms with Gasteiger partial charge in [-0.05, 0) is 75.8 Å². The molecule has 0 saturated heterocycles. The van der Waals surface area contributed by atoms with Gasteiger partial charge in [-0.25, -0.2) is 0 Å². The number of nitro groups is 2. The van der Waals surface area contributed by atoms with Crippen molar-refractivity contribution >= 4 is 141 Å². The molecule has 0 unspecified atom stereocenters. The van der Waals surface area contributed by atoms with Gasteiger partial charge in [-0.1, -0.05) is 84.5 Å². The summed E-state index contributed by atoms with van der Waals surface area (Å²) in [5.74, 6) is 14.2. The van der Waals surface area contributed by atoms with Crippen LogP contribution in [0.5, 0.6) is 0 Å². The zero-order valence-electron chi connectivity index (χ0n) is 41.4. The first-order valence-corrected chi connectivity index (χ1v) is 22.1. The Morgan fingerprint density at radius 2 is 1.10 bits per heavy atom. The second kappa shape index (κ2) is 44.0. The van der Waals surface area contributed by atoms with Gasteiger partial charge in [0.1, 0.15) is 30.0 Å². The van der Waals surface area contributed by atoms with Crippen LogP contribution in [0.3, 0.4) is 0 Å². The Balaban J connectivity index is -0.000000122. The number of nitrogens with zero attached hydrogens (tertiary/aromatic N) is 10. The number of hydrogen-bond acceptors (Lipinski definition) is 21. The van der Waals surface area contributed by atoms with Crippen LogP contribution in [0.15, 0.2) is 127 Å². The zero-order valence-corrected chi connectivity index (χ0v) is 48.3. The molecule has 2 aromatic carbocycles. The molecule has 3 aliphatic rings. The normalized spacial score (nSPS) is 14.2. The SMILES string of the molecule is C.C.CCN(CC)c1ccc(/C=C/C2=[N+](C)c3ccc(Cl)cc3C2(C)C)cc1.N.N.NN.NN.O.O.O.O.O=C1C=C(O)/C(=N/N=c2[n-]cc([N+](=O)[O-])s2)C=C1Cl.O=C1C=C(O)C(=NN=c2[n-]cc([N+](=O)[O-])s2)C=C1Cl.S.S.[Co]. The quantitative estimate of drug-likeness (QED) is 0.0384. The molecule has 0 fully saturated rings. The van der Waals surface area contributed by atoms with E-state index in [1.807, 2.05) is 6.07 Å². The van der Waals surface area contributed by atoms with Crippen molar-refractivity contribution in [3.8, 4) is 0 Å². The van der Waals surface area contributed by atoms with Crippen molar-refractivity contribution in [1.82, 2.24) is 22.3 Å². The molecule has 0 atom stereocenters. The van der Waals surface area contributed by atoms with Gasteiger partial charge in [0.15, 0.2) is 5.71 Å². The Kier molecular flexibility index (Phi) is 51.6. The first-order valence-electron chi connectivity index (χ1n) is 19.4. The van der Waals surface area contributed by atoms with Crippen molar-refractivity contribution in [1.29, 1.82) is 0 Å². The van der Waals surface area contributed by atoms with Crippen LogP contribution in [0, 0.1) is 20.2 Å². The van der Waals surface area contributed by atoms with Crippen molar-refractivity contribution in [3.05, 3.63) is 153 Å². The molecule has 0 saturated carbocycles. The van der Waals surface area contributed by atoms with Crippen LogP contribution in [-0.4, -0.2) is 95.4 Å². The van der Waals surface area contributed by atoms with E-state index >= 15 is 0 Å². The topological polar surface area (TPSA) is 545 Å².